The molecular weight excluding hydrogens is 394 g/mol. The molecule has 10 heteroatoms. The van der Waals surface area contributed by atoms with E-state index in [1.165, 1.54) is 0 Å². The minimum atomic E-state index is -0.487. The van der Waals surface area contributed by atoms with Crippen molar-refractivity contribution in [2.24, 2.45) is 0 Å². The first-order chi connectivity index (χ1) is 14.1. The second kappa shape index (κ2) is 9.71. The minimum Gasteiger partial charge on any atom is -0.450 e. The van der Waals surface area contributed by atoms with Crippen molar-refractivity contribution in [3.63, 3.8) is 0 Å². The zero-order valence-corrected chi connectivity index (χ0v) is 16.6. The monoisotopic (exact) mass is 413 g/mol. The number of unbranched alkanes of at least 4 members (excludes halogenated alkanes) is 1. The van der Waals surface area contributed by atoms with Gasteiger partial charge in [-0.3, -0.25) is 0 Å². The molecule has 0 radical (unpaired) electrons. The van der Waals surface area contributed by atoms with E-state index in [1.54, 1.807) is 31.6 Å². The number of aromatic nitrogens is 4. The van der Waals surface area contributed by atoms with Gasteiger partial charge in [0.2, 0.25) is 5.28 Å². The molecule has 29 heavy (non-hydrogen) atoms. The molecule has 0 aliphatic heterocycles. The molecule has 0 saturated carbocycles. The Bertz CT molecular complexity index is 1040. The number of aryl methyl sites for hydroxylation is 1. The molecule has 1 aromatic carbocycles. The Kier molecular flexibility index (Phi) is 6.81. The van der Waals surface area contributed by atoms with E-state index in [0.717, 1.165) is 12.0 Å². The maximum Gasteiger partial charge on any atom is 0.407 e. The number of halogens is 1. The quantitative estimate of drug-likeness (QED) is 0.430. The van der Waals surface area contributed by atoms with Crippen LogP contribution in [0.15, 0.2) is 30.6 Å². The largest absolute Gasteiger partial charge is 0.450 e. The Labute approximate surface area is 172 Å². The number of nitrogens with zero attached hydrogens (tertiary/aromatic N) is 5. The number of carbonyl (C=O) groups excluding carboxylic acids is 1. The summed E-state index contributed by atoms with van der Waals surface area (Å²) in [4.78, 5) is 24.5. The summed E-state index contributed by atoms with van der Waals surface area (Å²) in [5.74, 6) is 0.582. The molecule has 2 N–H and O–H groups in total. The summed E-state index contributed by atoms with van der Waals surface area (Å²) in [6, 6.07) is 9.12. The summed E-state index contributed by atoms with van der Waals surface area (Å²) in [7, 11) is 1.75. The maximum atomic E-state index is 11.8. The van der Waals surface area contributed by atoms with E-state index < -0.39 is 6.09 Å². The number of benzene rings is 1. The molecule has 0 aliphatic carbocycles. The molecular formula is C19H20ClN7O2. The van der Waals surface area contributed by atoms with Gasteiger partial charge in [-0.25, -0.2) is 9.78 Å². The predicted molar refractivity (Wildman–Crippen MR) is 108 cm³/mol. The Hall–Kier alpha value is -3.38. The normalized spacial score (nSPS) is 10.5. The number of ether oxygens (including phenoxy) is 1. The Morgan fingerprint density at radius 2 is 2.21 bits per heavy atom. The molecule has 1 amide bonds. The van der Waals surface area contributed by atoms with Crippen LogP contribution in [0.25, 0.3) is 11.2 Å². The minimum absolute atomic E-state index is 0.156. The van der Waals surface area contributed by atoms with Gasteiger partial charge in [-0.05, 0) is 42.1 Å². The number of amides is 1. The fraction of sp³-hybridized carbons (Fsp3) is 0.316. The average Bonchev–Trinajstić information content (AvgIpc) is 3.14. The number of rotatable bonds is 8. The lowest BCUT2D eigenvalue weighted by Gasteiger charge is -2.08. The van der Waals surface area contributed by atoms with Crippen molar-refractivity contribution >= 4 is 34.7 Å². The fourth-order valence-electron chi connectivity index (χ4n) is 2.78. The predicted octanol–water partition coefficient (Wildman–Crippen LogP) is 3.10. The molecule has 2 heterocycles. The van der Waals surface area contributed by atoms with Crippen LogP contribution in [0.2, 0.25) is 5.28 Å². The third-order valence-corrected chi connectivity index (χ3v) is 4.36. The summed E-state index contributed by atoms with van der Waals surface area (Å²) in [6.07, 6.45) is 2.67. The Morgan fingerprint density at radius 1 is 1.34 bits per heavy atom. The van der Waals surface area contributed by atoms with Crippen molar-refractivity contribution < 1.29 is 9.53 Å². The zero-order valence-electron chi connectivity index (χ0n) is 15.9. The van der Waals surface area contributed by atoms with Gasteiger partial charge in [0.15, 0.2) is 17.0 Å². The number of hydrogen-bond donors (Lipinski definition) is 2. The molecule has 9 nitrogen and oxygen atoms in total. The van der Waals surface area contributed by atoms with E-state index in [-0.39, 0.29) is 5.28 Å². The highest BCUT2D eigenvalue weighted by Gasteiger charge is 2.11. The summed E-state index contributed by atoms with van der Waals surface area (Å²) in [6.45, 7) is 1.27. The van der Waals surface area contributed by atoms with E-state index in [9.17, 15) is 4.79 Å². The number of imidazole rings is 1. The van der Waals surface area contributed by atoms with Crippen LogP contribution in [0.5, 0.6) is 0 Å². The Balaban J connectivity index is 1.41. The third kappa shape index (κ3) is 5.33. The lowest BCUT2D eigenvalue weighted by atomic mass is 10.1. The highest BCUT2D eigenvalue weighted by Crippen LogP contribution is 2.20. The molecule has 3 rings (SSSR count). The second-order valence-corrected chi connectivity index (χ2v) is 6.55. The summed E-state index contributed by atoms with van der Waals surface area (Å²) in [5, 5.41) is 14.7. The van der Waals surface area contributed by atoms with E-state index in [4.69, 9.17) is 21.6 Å². The molecule has 0 atom stereocenters. The van der Waals surface area contributed by atoms with Gasteiger partial charge in [0.25, 0.3) is 0 Å². The van der Waals surface area contributed by atoms with Gasteiger partial charge in [-0.15, -0.1) is 0 Å². The van der Waals surface area contributed by atoms with Gasteiger partial charge in [0.05, 0.1) is 24.6 Å². The van der Waals surface area contributed by atoms with Crippen LogP contribution in [0, 0.1) is 11.3 Å². The van der Waals surface area contributed by atoms with E-state index in [2.05, 4.69) is 31.7 Å². The van der Waals surface area contributed by atoms with Gasteiger partial charge in [0, 0.05) is 20.1 Å². The van der Waals surface area contributed by atoms with Crippen LogP contribution < -0.4 is 10.6 Å². The van der Waals surface area contributed by atoms with Crippen LogP contribution in [0.4, 0.5) is 10.6 Å². The van der Waals surface area contributed by atoms with Crippen LogP contribution in [-0.2, 0) is 17.8 Å². The Morgan fingerprint density at radius 3 is 3.00 bits per heavy atom. The molecule has 0 bridgehead atoms. The molecule has 2 aromatic heterocycles. The van der Waals surface area contributed by atoms with E-state index in [0.29, 0.717) is 48.7 Å². The number of alkyl carbamates (subject to hydrolysis) is 1. The molecule has 150 valence electrons. The molecule has 0 unspecified atom stereocenters. The first-order valence-electron chi connectivity index (χ1n) is 9.06. The zero-order chi connectivity index (χ0) is 20.6. The van der Waals surface area contributed by atoms with Gasteiger partial charge >= 0.3 is 6.09 Å². The number of hydrogen-bond acceptors (Lipinski definition) is 7. The smallest absolute Gasteiger partial charge is 0.407 e. The van der Waals surface area contributed by atoms with E-state index >= 15 is 0 Å². The van der Waals surface area contributed by atoms with Crippen molar-refractivity contribution in [3.05, 3.63) is 47.0 Å². The SMILES string of the molecule is CNc1nc(Cl)nc2c1ncn2CCCCOC(=O)NCc1cccc(C#N)c1. The first kappa shape index (κ1) is 20.4. The number of nitrogens with one attached hydrogen (secondary N) is 2. The van der Waals surface area contributed by atoms with Crippen LogP contribution in [0.3, 0.4) is 0 Å². The molecule has 0 saturated heterocycles. The molecule has 3 aromatic rings. The fourth-order valence-corrected chi connectivity index (χ4v) is 2.95. The number of carbonyl (C=O) groups is 1. The van der Waals surface area contributed by atoms with Gasteiger partial charge in [-0.2, -0.15) is 15.2 Å². The van der Waals surface area contributed by atoms with Crippen LogP contribution >= 0.6 is 11.6 Å². The number of fused-ring (bicyclic) bond motifs is 1. The standard InChI is InChI=1S/C19H20ClN7O2/c1-22-16-15-17(26-18(20)25-16)27(12-24-15)7-2-3-8-29-19(28)23-11-14-6-4-5-13(9-14)10-21/h4-6,9,12H,2-3,7-8,11H2,1H3,(H,23,28)(H,22,25,26). The maximum absolute atomic E-state index is 11.8. The van der Waals surface area contributed by atoms with Crippen molar-refractivity contribution in [1.29, 1.82) is 5.26 Å². The highest BCUT2D eigenvalue weighted by molar-refractivity contribution is 6.28. The number of anilines is 1. The molecule has 0 fully saturated rings. The summed E-state index contributed by atoms with van der Waals surface area (Å²) >= 11 is 5.96. The van der Waals surface area contributed by atoms with Crippen LogP contribution in [0.1, 0.15) is 24.0 Å². The van der Waals surface area contributed by atoms with Crippen molar-refractivity contribution in [1.82, 2.24) is 24.8 Å². The average molecular weight is 414 g/mol. The van der Waals surface area contributed by atoms with Gasteiger partial charge in [0.1, 0.15) is 0 Å². The van der Waals surface area contributed by atoms with Gasteiger partial charge < -0.3 is 19.9 Å². The first-order valence-corrected chi connectivity index (χ1v) is 9.44. The highest BCUT2D eigenvalue weighted by atomic mass is 35.5. The number of nitriles is 1. The molecule has 0 aliphatic rings. The van der Waals surface area contributed by atoms with Crippen molar-refractivity contribution in [2.75, 3.05) is 19.0 Å². The summed E-state index contributed by atoms with van der Waals surface area (Å²) in [5.41, 5.74) is 2.72. The lowest BCUT2D eigenvalue weighted by molar-refractivity contribution is 0.143. The van der Waals surface area contributed by atoms with Crippen molar-refractivity contribution in [3.8, 4) is 6.07 Å². The molecule has 0 spiro atoms. The second-order valence-electron chi connectivity index (χ2n) is 6.21. The van der Waals surface area contributed by atoms with Crippen molar-refractivity contribution in [2.45, 2.75) is 25.9 Å². The summed E-state index contributed by atoms with van der Waals surface area (Å²) < 4.78 is 7.08. The van der Waals surface area contributed by atoms with Gasteiger partial charge in [-0.1, -0.05) is 12.1 Å². The van der Waals surface area contributed by atoms with E-state index in [1.807, 2.05) is 10.6 Å². The topological polar surface area (TPSA) is 118 Å². The third-order valence-electron chi connectivity index (χ3n) is 4.19. The van der Waals surface area contributed by atoms with Crippen LogP contribution in [-0.4, -0.2) is 39.3 Å². The lowest BCUT2D eigenvalue weighted by Crippen LogP contribution is -2.24.